The summed E-state index contributed by atoms with van der Waals surface area (Å²) in [6.45, 7) is 2.01. The number of nitrogens with zero attached hydrogens (tertiary/aromatic N) is 2. The fourth-order valence-electron chi connectivity index (χ4n) is 1.50. The minimum absolute atomic E-state index is 0.132. The normalized spacial score (nSPS) is 12.4. The maximum atomic E-state index is 5.98. The van der Waals surface area contributed by atoms with Gasteiger partial charge in [0.05, 0.1) is 6.26 Å². The number of nitrogens with two attached hydrogens (primary N) is 1. The Morgan fingerprint density at radius 3 is 3.06 bits per heavy atom. The van der Waals surface area contributed by atoms with Crippen LogP contribution in [0.25, 0.3) is 0 Å². The van der Waals surface area contributed by atoms with Gasteiger partial charge in [0.25, 0.3) is 0 Å². The highest BCUT2D eigenvalue weighted by Crippen LogP contribution is 2.24. The third kappa shape index (κ3) is 2.88. The molecule has 90 valence electrons. The first kappa shape index (κ1) is 11.7. The van der Waals surface area contributed by atoms with Crippen molar-refractivity contribution in [2.75, 3.05) is 11.1 Å². The minimum Gasteiger partial charge on any atom is -0.469 e. The summed E-state index contributed by atoms with van der Waals surface area (Å²) in [5.41, 5.74) is 5.59. The molecule has 0 aliphatic rings. The first-order valence-corrected chi connectivity index (χ1v) is 5.59. The first-order chi connectivity index (χ1) is 8.16. The van der Waals surface area contributed by atoms with Crippen LogP contribution in [0.4, 0.5) is 11.6 Å². The molecular formula is C11H13ClN4O. The van der Waals surface area contributed by atoms with E-state index in [1.165, 1.54) is 6.33 Å². The van der Waals surface area contributed by atoms with E-state index in [4.69, 9.17) is 21.8 Å². The Morgan fingerprint density at radius 2 is 2.35 bits per heavy atom. The molecule has 1 unspecified atom stereocenters. The van der Waals surface area contributed by atoms with Crippen molar-refractivity contribution >= 4 is 23.2 Å². The van der Waals surface area contributed by atoms with Crippen LogP contribution in [0.3, 0.4) is 0 Å². The lowest BCUT2D eigenvalue weighted by Crippen LogP contribution is -2.19. The molecule has 2 heterocycles. The number of anilines is 2. The molecule has 5 nitrogen and oxygen atoms in total. The van der Waals surface area contributed by atoms with Crippen molar-refractivity contribution in [1.29, 1.82) is 0 Å². The third-order valence-corrected chi connectivity index (χ3v) is 2.66. The van der Waals surface area contributed by atoms with E-state index in [1.807, 2.05) is 19.1 Å². The molecule has 0 saturated heterocycles. The maximum Gasteiger partial charge on any atom is 0.150 e. The number of furan rings is 1. The van der Waals surface area contributed by atoms with Crippen molar-refractivity contribution in [3.8, 4) is 0 Å². The van der Waals surface area contributed by atoms with E-state index in [-0.39, 0.29) is 11.9 Å². The van der Waals surface area contributed by atoms with E-state index >= 15 is 0 Å². The molecule has 0 aliphatic carbocycles. The molecule has 2 aromatic rings. The van der Waals surface area contributed by atoms with Crippen LogP contribution in [0, 0.1) is 0 Å². The molecule has 0 fully saturated rings. The number of hydrogen-bond acceptors (Lipinski definition) is 5. The van der Waals surface area contributed by atoms with Gasteiger partial charge < -0.3 is 15.5 Å². The predicted molar refractivity (Wildman–Crippen MR) is 67.0 cm³/mol. The highest BCUT2D eigenvalue weighted by Gasteiger charge is 2.11. The van der Waals surface area contributed by atoms with Crippen molar-refractivity contribution in [2.45, 2.75) is 19.4 Å². The number of hydrogen-bond donors (Lipinski definition) is 2. The Morgan fingerprint density at radius 1 is 1.53 bits per heavy atom. The molecular weight excluding hydrogens is 240 g/mol. The van der Waals surface area contributed by atoms with Crippen LogP contribution in [0.5, 0.6) is 0 Å². The summed E-state index contributed by atoms with van der Waals surface area (Å²) < 4.78 is 5.27. The van der Waals surface area contributed by atoms with Gasteiger partial charge in [-0.2, -0.15) is 0 Å². The van der Waals surface area contributed by atoms with Crippen LogP contribution in [-0.4, -0.2) is 16.0 Å². The maximum absolute atomic E-state index is 5.98. The average Bonchev–Trinajstić information content (AvgIpc) is 2.77. The smallest absolute Gasteiger partial charge is 0.150 e. The molecule has 17 heavy (non-hydrogen) atoms. The zero-order valence-electron chi connectivity index (χ0n) is 9.35. The van der Waals surface area contributed by atoms with Crippen LogP contribution in [-0.2, 0) is 6.42 Å². The van der Waals surface area contributed by atoms with Gasteiger partial charge in [-0.25, -0.2) is 9.97 Å². The second-order valence-corrected chi connectivity index (χ2v) is 4.13. The van der Waals surface area contributed by atoms with E-state index < -0.39 is 0 Å². The zero-order chi connectivity index (χ0) is 12.3. The van der Waals surface area contributed by atoms with Gasteiger partial charge in [-0.3, -0.25) is 0 Å². The van der Waals surface area contributed by atoms with E-state index in [9.17, 15) is 0 Å². The molecule has 0 spiro atoms. The van der Waals surface area contributed by atoms with Crippen LogP contribution in [0.1, 0.15) is 12.7 Å². The standard InChI is InChI=1S/C11H13ClN4O/c1-7(5-8-3-2-4-17-8)16-11-9(12)10(13)14-6-15-11/h2-4,6-7H,5H2,1H3,(H3,13,14,15,16). The Balaban J connectivity index is 2.03. The van der Waals surface area contributed by atoms with Gasteiger partial charge in [-0.05, 0) is 19.1 Å². The predicted octanol–water partition coefficient (Wildman–Crippen LogP) is 2.35. The largest absolute Gasteiger partial charge is 0.469 e. The average molecular weight is 253 g/mol. The molecule has 2 aromatic heterocycles. The van der Waals surface area contributed by atoms with Crippen LogP contribution < -0.4 is 11.1 Å². The first-order valence-electron chi connectivity index (χ1n) is 5.21. The van der Waals surface area contributed by atoms with Crippen LogP contribution in [0.2, 0.25) is 5.02 Å². The van der Waals surface area contributed by atoms with E-state index in [2.05, 4.69) is 15.3 Å². The highest BCUT2D eigenvalue weighted by molar-refractivity contribution is 6.35. The number of halogens is 1. The Kier molecular flexibility index (Phi) is 3.49. The second-order valence-electron chi connectivity index (χ2n) is 3.75. The molecule has 0 aliphatic heterocycles. The molecule has 0 radical (unpaired) electrons. The Labute approximate surface area is 104 Å². The molecule has 6 heteroatoms. The molecule has 0 aromatic carbocycles. The van der Waals surface area contributed by atoms with Gasteiger partial charge in [0.2, 0.25) is 0 Å². The van der Waals surface area contributed by atoms with Gasteiger partial charge in [-0.1, -0.05) is 11.6 Å². The third-order valence-electron chi connectivity index (χ3n) is 2.29. The summed E-state index contributed by atoms with van der Waals surface area (Å²) >= 11 is 5.98. The van der Waals surface area contributed by atoms with Crippen LogP contribution in [0.15, 0.2) is 29.1 Å². The van der Waals surface area contributed by atoms with Crippen molar-refractivity contribution < 1.29 is 4.42 Å². The van der Waals surface area contributed by atoms with Crippen molar-refractivity contribution in [2.24, 2.45) is 0 Å². The topological polar surface area (TPSA) is 77.0 Å². The molecule has 0 saturated carbocycles. The lowest BCUT2D eigenvalue weighted by atomic mass is 10.2. The van der Waals surface area contributed by atoms with Crippen LogP contribution >= 0.6 is 11.6 Å². The van der Waals surface area contributed by atoms with Gasteiger partial charge in [0, 0.05) is 12.5 Å². The van der Waals surface area contributed by atoms with Gasteiger partial charge in [0.15, 0.2) is 5.82 Å². The molecule has 1 atom stereocenters. The van der Waals surface area contributed by atoms with Crippen molar-refractivity contribution in [3.63, 3.8) is 0 Å². The van der Waals surface area contributed by atoms with E-state index in [1.54, 1.807) is 6.26 Å². The Bertz CT molecular complexity index is 486. The quantitative estimate of drug-likeness (QED) is 0.873. The molecule has 2 rings (SSSR count). The fourth-order valence-corrected chi connectivity index (χ4v) is 1.65. The lowest BCUT2D eigenvalue weighted by molar-refractivity contribution is 0.497. The summed E-state index contributed by atoms with van der Waals surface area (Å²) in [5.74, 6) is 1.72. The summed E-state index contributed by atoms with van der Waals surface area (Å²) in [6.07, 6.45) is 3.77. The van der Waals surface area contributed by atoms with E-state index in [0.29, 0.717) is 10.8 Å². The molecule has 0 amide bonds. The number of nitrogens with one attached hydrogen (secondary N) is 1. The fraction of sp³-hybridized carbons (Fsp3) is 0.273. The Hall–Kier alpha value is -1.75. The number of rotatable bonds is 4. The van der Waals surface area contributed by atoms with Crippen molar-refractivity contribution in [1.82, 2.24) is 9.97 Å². The summed E-state index contributed by atoms with van der Waals surface area (Å²) in [7, 11) is 0. The zero-order valence-corrected chi connectivity index (χ0v) is 10.1. The number of aromatic nitrogens is 2. The van der Waals surface area contributed by atoms with Gasteiger partial charge in [0.1, 0.15) is 22.9 Å². The van der Waals surface area contributed by atoms with Crippen molar-refractivity contribution in [3.05, 3.63) is 35.5 Å². The SMILES string of the molecule is CC(Cc1ccco1)Nc1ncnc(N)c1Cl. The summed E-state index contributed by atoms with van der Waals surface area (Å²) in [4.78, 5) is 7.84. The minimum atomic E-state index is 0.132. The highest BCUT2D eigenvalue weighted by atomic mass is 35.5. The van der Waals surface area contributed by atoms with E-state index in [0.717, 1.165) is 12.2 Å². The lowest BCUT2D eigenvalue weighted by Gasteiger charge is -2.14. The summed E-state index contributed by atoms with van der Waals surface area (Å²) in [6, 6.07) is 3.92. The van der Waals surface area contributed by atoms with Gasteiger partial charge in [-0.15, -0.1) is 0 Å². The number of nitrogen functional groups attached to an aromatic ring is 1. The molecule has 0 bridgehead atoms. The molecule has 3 N–H and O–H groups in total. The summed E-state index contributed by atoms with van der Waals surface area (Å²) in [5, 5.41) is 3.51. The monoisotopic (exact) mass is 252 g/mol. The second kappa shape index (κ2) is 5.05. The van der Waals surface area contributed by atoms with Gasteiger partial charge >= 0.3 is 0 Å².